The number of carbonyl (C=O) groups is 1. The molecule has 0 saturated carbocycles. The van der Waals surface area contributed by atoms with E-state index in [0.29, 0.717) is 22.6 Å². The van der Waals surface area contributed by atoms with E-state index in [9.17, 15) is 14.9 Å². The van der Waals surface area contributed by atoms with E-state index in [0.717, 1.165) is 11.1 Å². The van der Waals surface area contributed by atoms with Gasteiger partial charge in [-0.2, -0.15) is 0 Å². The van der Waals surface area contributed by atoms with E-state index in [1.807, 2.05) is 19.9 Å². The van der Waals surface area contributed by atoms with Crippen LogP contribution in [0.15, 0.2) is 24.3 Å². The Morgan fingerprint density at radius 1 is 1.00 bits per heavy atom. The van der Waals surface area contributed by atoms with Crippen LogP contribution in [0.25, 0.3) is 0 Å². The molecule has 0 aliphatic heterocycles. The van der Waals surface area contributed by atoms with Gasteiger partial charge in [-0.1, -0.05) is 6.07 Å². The molecule has 25 heavy (non-hydrogen) atoms. The molecule has 1 N–H and O–H groups in total. The van der Waals surface area contributed by atoms with Gasteiger partial charge in [0.05, 0.1) is 24.8 Å². The van der Waals surface area contributed by atoms with Gasteiger partial charge in [0.15, 0.2) is 0 Å². The molecule has 0 atom stereocenters. The molecule has 132 valence electrons. The minimum Gasteiger partial charge on any atom is -0.494 e. The number of ether oxygens (including phenoxy) is 2. The molecule has 0 radical (unpaired) electrons. The van der Waals surface area contributed by atoms with Crippen molar-refractivity contribution in [2.75, 3.05) is 19.5 Å². The van der Waals surface area contributed by atoms with Gasteiger partial charge in [0.2, 0.25) is 5.75 Å². The third-order valence-electron chi connectivity index (χ3n) is 4.16. The zero-order valence-corrected chi connectivity index (χ0v) is 14.8. The first kappa shape index (κ1) is 18.3. The average molecular weight is 344 g/mol. The second kappa shape index (κ2) is 7.21. The predicted octanol–water partition coefficient (Wildman–Crippen LogP) is 3.79. The Hall–Kier alpha value is -3.09. The van der Waals surface area contributed by atoms with Crippen molar-refractivity contribution in [1.82, 2.24) is 0 Å². The van der Waals surface area contributed by atoms with Crippen molar-refractivity contribution in [3.8, 4) is 11.5 Å². The van der Waals surface area contributed by atoms with Gasteiger partial charge >= 0.3 is 5.69 Å². The van der Waals surface area contributed by atoms with Gasteiger partial charge in [-0.3, -0.25) is 14.9 Å². The maximum atomic E-state index is 12.7. The quantitative estimate of drug-likeness (QED) is 0.658. The normalized spacial score (nSPS) is 10.3. The molecule has 2 aromatic carbocycles. The number of amides is 1. The average Bonchev–Trinajstić information content (AvgIpc) is 2.57. The van der Waals surface area contributed by atoms with E-state index in [4.69, 9.17) is 9.47 Å². The fourth-order valence-corrected chi connectivity index (χ4v) is 2.67. The molecular formula is C18H20N2O5. The standard InChI is InChI=1S/C18H20N2O5/c1-10-6-8-14(16(24-4)11(10)2)19-18(21)13-7-9-15(20(22)23)17(25-5)12(13)3/h6-9H,1-5H3,(H,19,21). The Labute approximate surface area is 145 Å². The largest absolute Gasteiger partial charge is 0.494 e. The van der Waals surface area contributed by atoms with Crippen LogP contribution in [0.3, 0.4) is 0 Å². The van der Waals surface area contributed by atoms with Crippen molar-refractivity contribution in [2.45, 2.75) is 20.8 Å². The number of aryl methyl sites for hydroxylation is 1. The molecule has 0 bridgehead atoms. The number of nitrogens with zero attached hydrogens (tertiary/aromatic N) is 1. The summed E-state index contributed by atoms with van der Waals surface area (Å²) in [5, 5.41) is 13.9. The third-order valence-corrected chi connectivity index (χ3v) is 4.16. The van der Waals surface area contributed by atoms with Gasteiger partial charge in [-0.05, 0) is 44.0 Å². The molecule has 0 unspecified atom stereocenters. The molecule has 7 nitrogen and oxygen atoms in total. The van der Waals surface area contributed by atoms with Gasteiger partial charge in [0.1, 0.15) is 5.75 Å². The summed E-state index contributed by atoms with van der Waals surface area (Å²) in [7, 11) is 2.88. The number of carbonyl (C=O) groups excluding carboxylic acids is 1. The van der Waals surface area contributed by atoms with Crippen molar-refractivity contribution >= 4 is 17.3 Å². The van der Waals surface area contributed by atoms with Crippen molar-refractivity contribution < 1.29 is 19.2 Å². The number of nitro benzene ring substituents is 1. The van der Waals surface area contributed by atoms with Crippen LogP contribution in [0.1, 0.15) is 27.0 Å². The number of methoxy groups -OCH3 is 2. The molecule has 0 aliphatic rings. The van der Waals surface area contributed by atoms with E-state index in [2.05, 4.69) is 5.32 Å². The van der Waals surface area contributed by atoms with Crippen LogP contribution in [0.5, 0.6) is 11.5 Å². The van der Waals surface area contributed by atoms with Gasteiger partial charge in [-0.15, -0.1) is 0 Å². The van der Waals surface area contributed by atoms with Gasteiger partial charge < -0.3 is 14.8 Å². The van der Waals surface area contributed by atoms with E-state index in [-0.39, 0.29) is 11.4 Å². The fourth-order valence-electron chi connectivity index (χ4n) is 2.67. The lowest BCUT2D eigenvalue weighted by Crippen LogP contribution is -2.15. The van der Waals surface area contributed by atoms with Crippen LogP contribution >= 0.6 is 0 Å². The molecular weight excluding hydrogens is 324 g/mol. The highest BCUT2D eigenvalue weighted by molar-refractivity contribution is 6.06. The Balaban J connectivity index is 2.43. The number of rotatable bonds is 5. The molecule has 0 aromatic heterocycles. The highest BCUT2D eigenvalue weighted by atomic mass is 16.6. The second-order valence-corrected chi connectivity index (χ2v) is 5.59. The lowest BCUT2D eigenvalue weighted by atomic mass is 10.0. The summed E-state index contributed by atoms with van der Waals surface area (Å²) in [5.41, 5.74) is 3.02. The highest BCUT2D eigenvalue weighted by Crippen LogP contribution is 2.34. The first-order chi connectivity index (χ1) is 11.8. The molecule has 0 fully saturated rings. The van der Waals surface area contributed by atoms with Crippen molar-refractivity contribution in [3.05, 3.63) is 56.6 Å². The van der Waals surface area contributed by atoms with Crippen LogP contribution in [-0.2, 0) is 0 Å². The molecule has 0 aliphatic carbocycles. The Kier molecular flexibility index (Phi) is 5.26. The first-order valence-electron chi connectivity index (χ1n) is 7.59. The third kappa shape index (κ3) is 3.40. The lowest BCUT2D eigenvalue weighted by Gasteiger charge is -2.15. The zero-order valence-electron chi connectivity index (χ0n) is 14.8. The monoisotopic (exact) mass is 344 g/mol. The molecule has 2 rings (SSSR count). The molecule has 2 aromatic rings. The summed E-state index contributed by atoms with van der Waals surface area (Å²) in [6.07, 6.45) is 0. The number of benzene rings is 2. The Bertz CT molecular complexity index is 846. The van der Waals surface area contributed by atoms with Crippen LogP contribution in [0.4, 0.5) is 11.4 Å². The van der Waals surface area contributed by atoms with Crippen LogP contribution < -0.4 is 14.8 Å². The van der Waals surface area contributed by atoms with Crippen LogP contribution in [0, 0.1) is 30.9 Å². The van der Waals surface area contributed by atoms with Crippen LogP contribution in [-0.4, -0.2) is 25.1 Å². The Morgan fingerprint density at radius 2 is 1.64 bits per heavy atom. The van der Waals surface area contributed by atoms with E-state index >= 15 is 0 Å². The van der Waals surface area contributed by atoms with Crippen molar-refractivity contribution in [2.24, 2.45) is 0 Å². The second-order valence-electron chi connectivity index (χ2n) is 5.59. The minimum atomic E-state index is -0.542. The van der Waals surface area contributed by atoms with E-state index < -0.39 is 10.8 Å². The zero-order chi connectivity index (χ0) is 18.7. The SMILES string of the molecule is COc1c(NC(=O)c2ccc([N+](=O)[O-])c(OC)c2C)ccc(C)c1C. The minimum absolute atomic E-state index is 0.0738. The Morgan fingerprint density at radius 3 is 2.20 bits per heavy atom. The fraction of sp³-hybridized carbons (Fsp3) is 0.278. The molecule has 0 heterocycles. The summed E-state index contributed by atoms with van der Waals surface area (Å²) >= 11 is 0. The van der Waals surface area contributed by atoms with E-state index in [1.165, 1.54) is 26.4 Å². The number of hydrogen-bond acceptors (Lipinski definition) is 5. The topological polar surface area (TPSA) is 90.7 Å². The number of nitro groups is 1. The maximum Gasteiger partial charge on any atom is 0.311 e. The summed E-state index contributed by atoms with van der Waals surface area (Å²) < 4.78 is 10.5. The van der Waals surface area contributed by atoms with Crippen molar-refractivity contribution in [1.29, 1.82) is 0 Å². The van der Waals surface area contributed by atoms with Crippen LogP contribution in [0.2, 0.25) is 0 Å². The van der Waals surface area contributed by atoms with Gasteiger partial charge in [0, 0.05) is 17.2 Å². The number of nitrogens with one attached hydrogen (secondary N) is 1. The smallest absolute Gasteiger partial charge is 0.311 e. The molecule has 7 heteroatoms. The van der Waals surface area contributed by atoms with Gasteiger partial charge in [0.25, 0.3) is 5.91 Å². The predicted molar refractivity (Wildman–Crippen MR) is 94.8 cm³/mol. The van der Waals surface area contributed by atoms with Gasteiger partial charge in [-0.25, -0.2) is 0 Å². The van der Waals surface area contributed by atoms with Crippen molar-refractivity contribution in [3.63, 3.8) is 0 Å². The summed E-state index contributed by atoms with van der Waals surface area (Å²) in [6, 6.07) is 6.32. The maximum absolute atomic E-state index is 12.7. The summed E-state index contributed by atoms with van der Waals surface area (Å²) in [6.45, 7) is 5.47. The summed E-state index contributed by atoms with van der Waals surface area (Å²) in [4.78, 5) is 23.2. The van der Waals surface area contributed by atoms with E-state index in [1.54, 1.807) is 13.0 Å². The lowest BCUT2D eigenvalue weighted by molar-refractivity contribution is -0.385. The number of hydrogen-bond donors (Lipinski definition) is 1. The molecule has 1 amide bonds. The first-order valence-corrected chi connectivity index (χ1v) is 7.59. The molecule has 0 spiro atoms. The highest BCUT2D eigenvalue weighted by Gasteiger charge is 2.23. The molecule has 0 saturated heterocycles. The number of anilines is 1. The summed E-state index contributed by atoms with van der Waals surface area (Å²) in [5.74, 6) is 0.261.